The molecule has 1 saturated carbocycles. The maximum absolute atomic E-state index is 5.71. The fourth-order valence-corrected chi connectivity index (χ4v) is 3.29. The molecular weight excluding hydrogens is 230 g/mol. The molecule has 2 rings (SSSR count). The topological polar surface area (TPSA) is 26.0 Å². The largest absolute Gasteiger partial charge is 0.326 e. The summed E-state index contributed by atoms with van der Waals surface area (Å²) in [5.41, 5.74) is 8.76. The molecule has 104 valence electrons. The van der Waals surface area contributed by atoms with Gasteiger partial charge in [-0.05, 0) is 42.2 Å². The molecule has 0 saturated heterocycles. The van der Waals surface area contributed by atoms with E-state index in [1.807, 2.05) is 0 Å². The van der Waals surface area contributed by atoms with Gasteiger partial charge < -0.3 is 5.73 Å². The van der Waals surface area contributed by atoms with Crippen LogP contribution in [0.4, 0.5) is 0 Å². The number of hydrogen-bond acceptors (Lipinski definition) is 1. The first kappa shape index (κ1) is 14.3. The summed E-state index contributed by atoms with van der Waals surface area (Å²) in [7, 11) is 0. The van der Waals surface area contributed by atoms with Crippen molar-refractivity contribution in [3.63, 3.8) is 0 Å². The molecule has 0 radical (unpaired) electrons. The van der Waals surface area contributed by atoms with Gasteiger partial charge in [-0.1, -0.05) is 56.0 Å². The molecule has 19 heavy (non-hydrogen) atoms. The van der Waals surface area contributed by atoms with Crippen molar-refractivity contribution in [2.75, 3.05) is 0 Å². The van der Waals surface area contributed by atoms with Crippen LogP contribution >= 0.6 is 0 Å². The van der Waals surface area contributed by atoms with Crippen LogP contribution in [0.2, 0.25) is 0 Å². The van der Waals surface area contributed by atoms with Crippen molar-refractivity contribution in [3.8, 4) is 0 Å². The van der Waals surface area contributed by atoms with Crippen molar-refractivity contribution >= 4 is 0 Å². The molecule has 1 aliphatic carbocycles. The van der Waals surface area contributed by atoms with E-state index < -0.39 is 0 Å². The van der Waals surface area contributed by atoms with Crippen molar-refractivity contribution < 1.29 is 0 Å². The van der Waals surface area contributed by atoms with Crippen molar-refractivity contribution in [2.45, 2.75) is 57.9 Å². The predicted octanol–water partition coefficient (Wildman–Crippen LogP) is 4.60. The average molecular weight is 257 g/mol. The zero-order valence-corrected chi connectivity index (χ0v) is 12.0. The number of hydrogen-bond donors (Lipinski definition) is 1. The lowest BCUT2D eigenvalue weighted by molar-refractivity contribution is 0.304. The normalized spacial score (nSPS) is 18.8. The maximum Gasteiger partial charge on any atom is 0.0178 e. The van der Waals surface area contributed by atoms with Crippen LogP contribution in [-0.4, -0.2) is 0 Å². The highest BCUT2D eigenvalue weighted by atomic mass is 14.5. The smallest absolute Gasteiger partial charge is 0.0178 e. The second kappa shape index (κ2) is 6.91. The molecule has 2 N–H and O–H groups in total. The number of nitrogens with two attached hydrogens (primary N) is 1. The van der Waals surface area contributed by atoms with Gasteiger partial charge in [0.1, 0.15) is 0 Å². The molecular formula is C18H27N. The first-order valence-electron chi connectivity index (χ1n) is 7.69. The van der Waals surface area contributed by atoms with E-state index >= 15 is 0 Å². The molecule has 1 fully saturated rings. The van der Waals surface area contributed by atoms with Gasteiger partial charge >= 0.3 is 0 Å². The van der Waals surface area contributed by atoms with E-state index in [1.54, 1.807) is 0 Å². The molecule has 1 aliphatic rings. The van der Waals surface area contributed by atoms with Crippen molar-refractivity contribution in [3.05, 3.63) is 48.0 Å². The standard InChI is InChI=1S/C18H27N/c1-2-18(11-5-3-4-6-12-18)13-10-16-8-7-9-17(14-16)15-19/h2,7-9,14H,1,3-6,10-13,15,19H2. The van der Waals surface area contributed by atoms with E-state index in [-0.39, 0.29) is 0 Å². The van der Waals surface area contributed by atoms with E-state index in [1.165, 1.54) is 56.1 Å². The minimum absolute atomic E-state index is 0.384. The van der Waals surface area contributed by atoms with Crippen LogP contribution < -0.4 is 5.73 Å². The summed E-state index contributed by atoms with van der Waals surface area (Å²) in [5.74, 6) is 0. The lowest BCUT2D eigenvalue weighted by atomic mass is 9.76. The van der Waals surface area contributed by atoms with E-state index in [0.29, 0.717) is 12.0 Å². The molecule has 1 aromatic rings. The zero-order valence-electron chi connectivity index (χ0n) is 12.0. The summed E-state index contributed by atoms with van der Waals surface area (Å²) in [6, 6.07) is 8.73. The molecule has 0 aromatic heterocycles. The van der Waals surface area contributed by atoms with Gasteiger partial charge in [0.05, 0.1) is 0 Å². The Bertz CT molecular complexity index is 400. The Morgan fingerprint density at radius 1 is 1.11 bits per heavy atom. The fourth-order valence-electron chi connectivity index (χ4n) is 3.29. The Kier molecular flexibility index (Phi) is 5.21. The highest BCUT2D eigenvalue weighted by molar-refractivity contribution is 5.23. The monoisotopic (exact) mass is 257 g/mol. The summed E-state index contributed by atoms with van der Waals surface area (Å²) in [5, 5.41) is 0. The van der Waals surface area contributed by atoms with Crippen LogP contribution in [-0.2, 0) is 13.0 Å². The lowest BCUT2D eigenvalue weighted by Crippen LogP contribution is -2.17. The Balaban J connectivity index is 2.00. The van der Waals surface area contributed by atoms with Crippen LogP contribution in [0.1, 0.15) is 56.1 Å². The quantitative estimate of drug-likeness (QED) is 0.605. The van der Waals surface area contributed by atoms with Crippen LogP contribution in [0.25, 0.3) is 0 Å². The summed E-state index contributed by atoms with van der Waals surface area (Å²) < 4.78 is 0. The summed E-state index contributed by atoms with van der Waals surface area (Å²) in [4.78, 5) is 0. The predicted molar refractivity (Wildman–Crippen MR) is 83.0 cm³/mol. The van der Waals surface area contributed by atoms with E-state index in [4.69, 9.17) is 5.73 Å². The van der Waals surface area contributed by atoms with E-state index in [0.717, 1.165) is 6.42 Å². The molecule has 1 heteroatoms. The third kappa shape index (κ3) is 3.94. The number of allylic oxidation sites excluding steroid dienone is 1. The molecule has 1 aromatic carbocycles. The lowest BCUT2D eigenvalue weighted by Gasteiger charge is -2.29. The van der Waals surface area contributed by atoms with Gasteiger partial charge in [0.15, 0.2) is 0 Å². The third-order valence-electron chi connectivity index (χ3n) is 4.67. The van der Waals surface area contributed by atoms with Gasteiger partial charge in [-0.15, -0.1) is 6.58 Å². The summed E-state index contributed by atoms with van der Waals surface area (Å²) in [6.07, 6.45) is 12.8. The first-order chi connectivity index (χ1) is 9.28. The Hall–Kier alpha value is -1.08. The van der Waals surface area contributed by atoms with Gasteiger partial charge in [-0.3, -0.25) is 0 Å². The molecule has 0 atom stereocenters. The van der Waals surface area contributed by atoms with Crippen LogP contribution in [0.5, 0.6) is 0 Å². The van der Waals surface area contributed by atoms with Gasteiger partial charge in [0.25, 0.3) is 0 Å². The highest BCUT2D eigenvalue weighted by Gasteiger charge is 2.27. The van der Waals surface area contributed by atoms with Crippen molar-refractivity contribution in [1.29, 1.82) is 0 Å². The van der Waals surface area contributed by atoms with Crippen LogP contribution in [0.3, 0.4) is 0 Å². The number of benzene rings is 1. The molecule has 0 heterocycles. The molecule has 0 bridgehead atoms. The number of rotatable bonds is 5. The van der Waals surface area contributed by atoms with Gasteiger partial charge in [0.2, 0.25) is 0 Å². The van der Waals surface area contributed by atoms with Crippen molar-refractivity contribution in [1.82, 2.24) is 0 Å². The summed E-state index contributed by atoms with van der Waals surface area (Å²) in [6.45, 7) is 4.76. The first-order valence-corrected chi connectivity index (χ1v) is 7.69. The SMILES string of the molecule is C=CC1(CCc2cccc(CN)c2)CCCCCC1. The van der Waals surface area contributed by atoms with E-state index in [2.05, 4.69) is 36.9 Å². The van der Waals surface area contributed by atoms with E-state index in [9.17, 15) is 0 Å². The van der Waals surface area contributed by atoms with Gasteiger partial charge in [-0.25, -0.2) is 0 Å². The molecule has 1 nitrogen and oxygen atoms in total. The molecule has 0 spiro atoms. The second-order valence-electron chi connectivity index (χ2n) is 6.00. The minimum atomic E-state index is 0.384. The summed E-state index contributed by atoms with van der Waals surface area (Å²) >= 11 is 0. The van der Waals surface area contributed by atoms with Crippen molar-refractivity contribution in [2.24, 2.45) is 11.1 Å². The Labute approximate surface area is 117 Å². The zero-order chi connectivity index (χ0) is 13.6. The van der Waals surface area contributed by atoms with Crippen LogP contribution in [0.15, 0.2) is 36.9 Å². The van der Waals surface area contributed by atoms with Gasteiger partial charge in [0, 0.05) is 6.54 Å². The molecule has 0 unspecified atom stereocenters. The minimum Gasteiger partial charge on any atom is -0.326 e. The Morgan fingerprint density at radius 2 is 1.79 bits per heavy atom. The fraction of sp³-hybridized carbons (Fsp3) is 0.556. The van der Waals surface area contributed by atoms with Gasteiger partial charge in [-0.2, -0.15) is 0 Å². The third-order valence-corrected chi connectivity index (χ3v) is 4.67. The Morgan fingerprint density at radius 3 is 2.42 bits per heavy atom. The molecule has 0 amide bonds. The number of aryl methyl sites for hydroxylation is 1. The molecule has 0 aliphatic heterocycles. The average Bonchev–Trinajstić information content (AvgIpc) is 2.71. The maximum atomic E-state index is 5.71. The highest BCUT2D eigenvalue weighted by Crippen LogP contribution is 2.40. The van der Waals surface area contributed by atoms with Crippen LogP contribution in [0, 0.1) is 5.41 Å². The second-order valence-corrected chi connectivity index (χ2v) is 6.00.